The van der Waals surface area contributed by atoms with E-state index in [0.717, 1.165) is 16.9 Å². The van der Waals surface area contributed by atoms with Crippen LogP contribution in [0, 0.1) is 18.7 Å². The number of fused-ring (bicyclic) bond motifs is 1. The molecule has 0 spiro atoms. The van der Waals surface area contributed by atoms with Crippen LogP contribution < -0.4 is 10.2 Å². The molecule has 0 radical (unpaired) electrons. The van der Waals surface area contributed by atoms with Gasteiger partial charge >= 0.3 is 0 Å². The summed E-state index contributed by atoms with van der Waals surface area (Å²) >= 11 is 0. The summed E-state index contributed by atoms with van der Waals surface area (Å²) in [5.74, 6) is -0.712. The topological polar surface area (TPSA) is 78.1 Å². The van der Waals surface area contributed by atoms with E-state index in [1.165, 1.54) is 11.0 Å². The number of aromatic nitrogens is 2. The Morgan fingerprint density at radius 2 is 2.12 bits per heavy atom. The van der Waals surface area contributed by atoms with Crippen LogP contribution in [0.5, 0.6) is 0 Å². The third kappa shape index (κ3) is 2.92. The van der Waals surface area contributed by atoms with Crippen LogP contribution in [-0.4, -0.2) is 28.3 Å². The lowest BCUT2D eigenvalue weighted by atomic mass is 10.1. The van der Waals surface area contributed by atoms with Crippen LogP contribution in [0.4, 0.5) is 15.8 Å². The van der Waals surface area contributed by atoms with Gasteiger partial charge in [0.2, 0.25) is 11.8 Å². The number of anilines is 2. The molecule has 7 heteroatoms. The maximum Gasteiger partial charge on any atom is 0.229 e. The van der Waals surface area contributed by atoms with Crippen molar-refractivity contribution in [2.75, 3.05) is 16.8 Å². The number of H-pyrrole nitrogens is 1. The molecule has 2 heterocycles. The van der Waals surface area contributed by atoms with Crippen molar-refractivity contribution in [3.63, 3.8) is 0 Å². The van der Waals surface area contributed by atoms with Gasteiger partial charge in [0.05, 0.1) is 22.6 Å². The molecule has 0 saturated carbocycles. The number of benzene rings is 2. The highest BCUT2D eigenvalue weighted by Gasteiger charge is 2.36. The Kier molecular flexibility index (Phi) is 3.91. The first-order valence-electron chi connectivity index (χ1n) is 8.33. The number of carbonyl (C=O) groups is 2. The maximum atomic E-state index is 13.9. The Morgan fingerprint density at radius 3 is 2.92 bits per heavy atom. The maximum absolute atomic E-state index is 13.9. The van der Waals surface area contributed by atoms with Gasteiger partial charge in [-0.2, -0.15) is 0 Å². The summed E-state index contributed by atoms with van der Waals surface area (Å²) in [6.07, 6.45) is 0.0611. The number of halogens is 1. The number of para-hydroxylation sites is 1. The highest BCUT2D eigenvalue weighted by molar-refractivity contribution is 6.04. The predicted octanol–water partition coefficient (Wildman–Crippen LogP) is 3.00. The summed E-state index contributed by atoms with van der Waals surface area (Å²) in [6.45, 7) is 2.02. The minimum absolute atomic E-state index is 0.0611. The largest absolute Gasteiger partial charge is 0.342 e. The van der Waals surface area contributed by atoms with E-state index in [2.05, 4.69) is 15.3 Å². The van der Waals surface area contributed by atoms with Crippen molar-refractivity contribution in [1.82, 2.24) is 9.97 Å². The van der Waals surface area contributed by atoms with Crippen LogP contribution in [0.3, 0.4) is 0 Å². The summed E-state index contributed by atoms with van der Waals surface area (Å²) in [7, 11) is 0. The molecular weight excluding hydrogens is 335 g/mol. The zero-order valence-electron chi connectivity index (χ0n) is 14.1. The second kappa shape index (κ2) is 6.25. The van der Waals surface area contributed by atoms with E-state index in [4.69, 9.17) is 0 Å². The smallest absolute Gasteiger partial charge is 0.229 e. The van der Waals surface area contributed by atoms with Gasteiger partial charge in [-0.15, -0.1) is 0 Å². The fourth-order valence-corrected chi connectivity index (χ4v) is 3.25. The predicted molar refractivity (Wildman–Crippen MR) is 96.3 cm³/mol. The van der Waals surface area contributed by atoms with Gasteiger partial charge in [-0.3, -0.25) is 9.59 Å². The molecule has 3 aromatic rings. The number of nitrogens with one attached hydrogen (secondary N) is 2. The molecule has 0 aliphatic carbocycles. The average Bonchev–Trinajstić information content (AvgIpc) is 3.17. The first-order chi connectivity index (χ1) is 12.5. The van der Waals surface area contributed by atoms with E-state index >= 15 is 0 Å². The van der Waals surface area contributed by atoms with E-state index in [1.54, 1.807) is 30.3 Å². The standard InChI is InChI=1S/C19H17FN4O2/c1-11-21-15-7-6-13(9-16(15)22-11)23-19(26)12-8-18(25)24(10-12)17-5-3-2-4-14(17)20/h2-7,9,12H,8,10H2,1H3,(H,21,22)(H,23,26). The van der Waals surface area contributed by atoms with Crippen molar-refractivity contribution in [2.45, 2.75) is 13.3 Å². The fourth-order valence-electron chi connectivity index (χ4n) is 3.25. The molecule has 26 heavy (non-hydrogen) atoms. The van der Waals surface area contributed by atoms with Gasteiger partial charge in [-0.25, -0.2) is 9.37 Å². The molecule has 1 fully saturated rings. The number of hydrogen-bond donors (Lipinski definition) is 2. The number of rotatable bonds is 3. The number of amides is 2. The van der Waals surface area contributed by atoms with Crippen LogP contribution in [0.25, 0.3) is 11.0 Å². The summed E-state index contributed by atoms with van der Waals surface area (Å²) < 4.78 is 13.9. The summed E-state index contributed by atoms with van der Waals surface area (Å²) in [5, 5.41) is 2.83. The molecule has 1 aliphatic rings. The third-order valence-electron chi connectivity index (χ3n) is 4.51. The number of hydrogen-bond acceptors (Lipinski definition) is 3. The van der Waals surface area contributed by atoms with Crippen LogP contribution in [-0.2, 0) is 9.59 Å². The average molecular weight is 352 g/mol. The number of aromatic amines is 1. The van der Waals surface area contributed by atoms with Gasteiger partial charge in [0.25, 0.3) is 0 Å². The zero-order chi connectivity index (χ0) is 18.3. The Balaban J connectivity index is 1.49. The number of imidazole rings is 1. The second-order valence-electron chi connectivity index (χ2n) is 6.40. The molecule has 2 amide bonds. The highest BCUT2D eigenvalue weighted by atomic mass is 19.1. The van der Waals surface area contributed by atoms with Crippen LogP contribution in [0.15, 0.2) is 42.5 Å². The number of nitrogens with zero attached hydrogens (tertiary/aromatic N) is 2. The molecule has 0 bridgehead atoms. The molecule has 132 valence electrons. The highest BCUT2D eigenvalue weighted by Crippen LogP contribution is 2.28. The quantitative estimate of drug-likeness (QED) is 0.761. The Bertz CT molecular complexity index is 1010. The molecule has 2 aromatic carbocycles. The number of aryl methyl sites for hydroxylation is 1. The van der Waals surface area contributed by atoms with Crippen molar-refractivity contribution in [3.05, 3.63) is 54.1 Å². The van der Waals surface area contributed by atoms with Gasteiger partial charge < -0.3 is 15.2 Å². The van der Waals surface area contributed by atoms with E-state index in [-0.39, 0.29) is 30.5 Å². The van der Waals surface area contributed by atoms with E-state index in [9.17, 15) is 14.0 Å². The molecule has 1 atom stereocenters. The van der Waals surface area contributed by atoms with E-state index in [1.807, 2.05) is 13.0 Å². The Hall–Kier alpha value is -3.22. The minimum atomic E-state index is -0.527. The molecule has 1 aromatic heterocycles. The van der Waals surface area contributed by atoms with Crippen LogP contribution in [0.1, 0.15) is 12.2 Å². The van der Waals surface area contributed by atoms with Gasteiger partial charge in [0, 0.05) is 18.7 Å². The van der Waals surface area contributed by atoms with Gasteiger partial charge in [0.1, 0.15) is 11.6 Å². The summed E-state index contributed by atoms with van der Waals surface area (Å²) in [5.41, 5.74) is 2.49. The van der Waals surface area contributed by atoms with Gasteiger partial charge in [-0.05, 0) is 37.3 Å². The SMILES string of the molecule is Cc1nc2ccc(NC(=O)C3CC(=O)N(c4ccccc4F)C3)cc2[nH]1. The third-order valence-corrected chi connectivity index (χ3v) is 4.51. The van der Waals surface area contributed by atoms with Crippen molar-refractivity contribution in [3.8, 4) is 0 Å². The van der Waals surface area contributed by atoms with Crippen LogP contribution in [0.2, 0.25) is 0 Å². The Labute approximate surface area is 149 Å². The first-order valence-corrected chi connectivity index (χ1v) is 8.33. The normalized spacial score (nSPS) is 17.1. The van der Waals surface area contributed by atoms with Crippen molar-refractivity contribution in [2.24, 2.45) is 5.92 Å². The Morgan fingerprint density at radius 1 is 1.31 bits per heavy atom. The molecule has 4 rings (SSSR count). The molecular formula is C19H17FN4O2. The molecule has 1 aliphatic heterocycles. The minimum Gasteiger partial charge on any atom is -0.342 e. The monoisotopic (exact) mass is 352 g/mol. The lowest BCUT2D eigenvalue weighted by Gasteiger charge is -2.17. The first kappa shape index (κ1) is 16.3. The van der Waals surface area contributed by atoms with Gasteiger partial charge in [0.15, 0.2) is 0 Å². The molecule has 1 unspecified atom stereocenters. The van der Waals surface area contributed by atoms with Crippen molar-refractivity contribution >= 4 is 34.2 Å². The summed E-state index contributed by atoms with van der Waals surface area (Å²) in [4.78, 5) is 33.6. The fraction of sp³-hybridized carbons (Fsp3) is 0.211. The summed E-state index contributed by atoms with van der Waals surface area (Å²) in [6, 6.07) is 11.5. The van der Waals surface area contributed by atoms with E-state index < -0.39 is 11.7 Å². The lowest BCUT2D eigenvalue weighted by molar-refractivity contribution is -0.122. The van der Waals surface area contributed by atoms with Crippen LogP contribution >= 0.6 is 0 Å². The number of carbonyl (C=O) groups excluding carboxylic acids is 2. The lowest BCUT2D eigenvalue weighted by Crippen LogP contribution is -2.28. The van der Waals surface area contributed by atoms with Gasteiger partial charge in [-0.1, -0.05) is 12.1 Å². The van der Waals surface area contributed by atoms with E-state index in [0.29, 0.717) is 5.69 Å². The molecule has 6 nitrogen and oxygen atoms in total. The molecule has 1 saturated heterocycles. The second-order valence-corrected chi connectivity index (χ2v) is 6.40. The van der Waals surface area contributed by atoms with Crippen molar-refractivity contribution in [1.29, 1.82) is 0 Å². The molecule has 2 N–H and O–H groups in total. The zero-order valence-corrected chi connectivity index (χ0v) is 14.1. The van der Waals surface area contributed by atoms with Crippen molar-refractivity contribution < 1.29 is 14.0 Å².